The lowest BCUT2D eigenvalue weighted by molar-refractivity contribution is -0.384. The smallest absolute Gasteiger partial charge is 0.294 e. The predicted molar refractivity (Wildman–Crippen MR) is 103 cm³/mol. The van der Waals surface area contributed by atoms with Crippen molar-refractivity contribution in [3.8, 4) is 5.75 Å². The first-order valence-electron chi connectivity index (χ1n) is 9.44. The van der Waals surface area contributed by atoms with E-state index >= 15 is 0 Å². The van der Waals surface area contributed by atoms with Crippen LogP contribution in [0, 0.1) is 10.1 Å². The third-order valence-corrected chi connectivity index (χ3v) is 5.42. The average Bonchev–Trinajstić information content (AvgIpc) is 3.00. The summed E-state index contributed by atoms with van der Waals surface area (Å²) in [4.78, 5) is 13.4. The second kappa shape index (κ2) is 9.39. The Morgan fingerprint density at radius 1 is 1.31 bits per heavy atom. The molecule has 0 unspecified atom stereocenters. The van der Waals surface area contributed by atoms with Gasteiger partial charge in [-0.25, -0.2) is 0 Å². The van der Waals surface area contributed by atoms with Gasteiger partial charge >= 0.3 is 0 Å². The fourth-order valence-corrected chi connectivity index (χ4v) is 3.85. The summed E-state index contributed by atoms with van der Waals surface area (Å²) in [6.45, 7) is 5.35. The Morgan fingerprint density at radius 3 is 2.88 bits per heavy atom. The van der Waals surface area contributed by atoms with E-state index in [-0.39, 0.29) is 11.7 Å². The van der Waals surface area contributed by atoms with E-state index < -0.39 is 4.92 Å². The predicted octanol–water partition coefficient (Wildman–Crippen LogP) is 3.28. The zero-order valence-corrected chi connectivity index (χ0v) is 15.8. The fourth-order valence-electron chi connectivity index (χ4n) is 3.59. The highest BCUT2D eigenvalue weighted by Gasteiger charge is 2.24. The van der Waals surface area contributed by atoms with Crippen molar-refractivity contribution < 1.29 is 9.66 Å². The van der Waals surface area contributed by atoms with Crippen molar-refractivity contribution in [1.29, 1.82) is 0 Å². The van der Waals surface area contributed by atoms with E-state index in [1.165, 1.54) is 18.9 Å². The number of benzene rings is 1. The molecular formula is C18H27ClN4O3. The molecule has 0 spiro atoms. The molecule has 0 aromatic heterocycles. The summed E-state index contributed by atoms with van der Waals surface area (Å²) in [5.74, 6) is 0.501. The van der Waals surface area contributed by atoms with Gasteiger partial charge in [0, 0.05) is 25.2 Å². The van der Waals surface area contributed by atoms with E-state index in [0.29, 0.717) is 23.1 Å². The van der Waals surface area contributed by atoms with Crippen LogP contribution < -0.4 is 15.4 Å². The zero-order valence-electron chi connectivity index (χ0n) is 15.0. The van der Waals surface area contributed by atoms with Crippen molar-refractivity contribution in [3.05, 3.63) is 27.3 Å². The number of rotatable bonds is 7. The molecule has 0 aliphatic carbocycles. The summed E-state index contributed by atoms with van der Waals surface area (Å²) >= 11 is 6.49. The molecule has 2 N–H and O–H groups in total. The molecule has 0 bridgehead atoms. The minimum atomic E-state index is -0.396. The zero-order chi connectivity index (χ0) is 18.4. The normalized spacial score (nSPS) is 21.3. The highest BCUT2D eigenvalue weighted by atomic mass is 35.5. The van der Waals surface area contributed by atoms with Crippen LogP contribution in [0.1, 0.15) is 32.1 Å². The van der Waals surface area contributed by atoms with Crippen LogP contribution in [0.4, 0.5) is 11.4 Å². The van der Waals surface area contributed by atoms with Crippen LogP contribution in [-0.4, -0.2) is 55.2 Å². The number of nitrogens with one attached hydrogen (secondary N) is 2. The number of nitro benzene ring substituents is 1. The Labute approximate surface area is 159 Å². The van der Waals surface area contributed by atoms with E-state index in [9.17, 15) is 10.1 Å². The molecule has 144 valence electrons. The lowest BCUT2D eigenvalue weighted by atomic mass is 10.1. The van der Waals surface area contributed by atoms with Crippen LogP contribution in [-0.2, 0) is 0 Å². The second-order valence-corrected chi connectivity index (χ2v) is 7.35. The Hall–Kier alpha value is -1.57. The monoisotopic (exact) mass is 382 g/mol. The summed E-state index contributed by atoms with van der Waals surface area (Å²) in [6, 6.07) is 3.19. The first-order valence-corrected chi connectivity index (χ1v) is 9.82. The topological polar surface area (TPSA) is 79.7 Å². The lowest BCUT2D eigenvalue weighted by Gasteiger charge is -2.20. The molecule has 0 saturated carbocycles. The van der Waals surface area contributed by atoms with Crippen LogP contribution >= 0.6 is 11.6 Å². The molecule has 2 saturated heterocycles. The summed E-state index contributed by atoms with van der Waals surface area (Å²) < 4.78 is 5.84. The second-order valence-electron chi connectivity index (χ2n) is 6.97. The van der Waals surface area contributed by atoms with E-state index in [2.05, 4.69) is 15.5 Å². The molecule has 8 heteroatoms. The summed E-state index contributed by atoms with van der Waals surface area (Å²) in [7, 11) is 0. The molecule has 1 aromatic rings. The third kappa shape index (κ3) is 4.99. The van der Waals surface area contributed by atoms with Crippen LogP contribution in [0.5, 0.6) is 5.75 Å². The van der Waals surface area contributed by atoms with Gasteiger partial charge < -0.3 is 15.4 Å². The van der Waals surface area contributed by atoms with Gasteiger partial charge in [-0.2, -0.15) is 0 Å². The van der Waals surface area contributed by atoms with Crippen molar-refractivity contribution in [2.45, 2.75) is 38.1 Å². The number of ether oxygens (including phenoxy) is 1. The van der Waals surface area contributed by atoms with Crippen molar-refractivity contribution in [3.63, 3.8) is 0 Å². The van der Waals surface area contributed by atoms with Crippen molar-refractivity contribution in [2.24, 2.45) is 0 Å². The molecule has 1 aromatic carbocycles. The summed E-state index contributed by atoms with van der Waals surface area (Å²) in [5, 5.41) is 18.4. The Balaban J connectivity index is 1.70. The molecule has 3 rings (SSSR count). The number of hydrogen-bond donors (Lipinski definition) is 2. The number of hydrogen-bond acceptors (Lipinski definition) is 6. The molecule has 2 fully saturated rings. The highest BCUT2D eigenvalue weighted by Crippen LogP contribution is 2.40. The van der Waals surface area contributed by atoms with Crippen molar-refractivity contribution >= 4 is 23.0 Å². The first-order chi connectivity index (χ1) is 12.6. The van der Waals surface area contributed by atoms with E-state index in [1.807, 2.05) is 0 Å². The number of halogens is 1. The van der Waals surface area contributed by atoms with Gasteiger partial charge in [0.15, 0.2) is 0 Å². The maximum absolute atomic E-state index is 11.4. The minimum Gasteiger partial charge on any atom is -0.491 e. The standard InChI is InChI=1S/C18H27ClN4O3/c19-17-16(26-12-11-22-9-3-4-10-22)7-6-15(23(24)25)18(17)21-14-5-1-2-8-20-13-14/h6-7,14,20-21H,1-5,8-13H2/t14-/m1/s1. The van der Waals surface area contributed by atoms with E-state index in [1.54, 1.807) is 6.07 Å². The quantitative estimate of drug-likeness (QED) is 0.556. The average molecular weight is 383 g/mol. The molecule has 7 nitrogen and oxygen atoms in total. The molecule has 0 amide bonds. The molecule has 2 aliphatic heterocycles. The highest BCUT2D eigenvalue weighted by molar-refractivity contribution is 6.35. The van der Waals surface area contributed by atoms with Gasteiger partial charge in [-0.15, -0.1) is 0 Å². The third-order valence-electron chi connectivity index (χ3n) is 5.04. The first kappa shape index (κ1) is 19.2. The largest absolute Gasteiger partial charge is 0.491 e. The van der Waals surface area contributed by atoms with Crippen molar-refractivity contribution in [2.75, 3.05) is 44.6 Å². The number of likely N-dealkylation sites (tertiary alicyclic amines) is 1. The van der Waals surface area contributed by atoms with Gasteiger partial charge in [0.25, 0.3) is 5.69 Å². The van der Waals surface area contributed by atoms with E-state index in [4.69, 9.17) is 16.3 Å². The van der Waals surface area contributed by atoms with Gasteiger partial charge in [0.1, 0.15) is 23.1 Å². The van der Waals surface area contributed by atoms with Gasteiger partial charge in [0.2, 0.25) is 0 Å². The summed E-state index contributed by atoms with van der Waals surface area (Å²) in [5.41, 5.74) is 0.357. The maximum Gasteiger partial charge on any atom is 0.294 e. The molecule has 1 atom stereocenters. The number of nitro groups is 1. The summed E-state index contributed by atoms with van der Waals surface area (Å²) in [6.07, 6.45) is 5.64. The SMILES string of the molecule is O=[N+]([O-])c1ccc(OCCN2CCCC2)c(Cl)c1N[C@@H]1CCCCNC1. The van der Waals surface area contributed by atoms with E-state index in [0.717, 1.165) is 52.0 Å². The van der Waals surface area contributed by atoms with Crippen LogP contribution in [0.2, 0.25) is 5.02 Å². The Kier molecular flexibility index (Phi) is 6.93. The van der Waals surface area contributed by atoms with Gasteiger partial charge in [0.05, 0.1) is 4.92 Å². The van der Waals surface area contributed by atoms with Gasteiger partial charge in [-0.05, 0) is 51.4 Å². The molecule has 26 heavy (non-hydrogen) atoms. The lowest BCUT2D eigenvalue weighted by Crippen LogP contribution is -2.31. The van der Waals surface area contributed by atoms with Crippen molar-refractivity contribution in [1.82, 2.24) is 10.2 Å². The molecule has 2 aliphatic rings. The Bertz CT molecular complexity index is 615. The van der Waals surface area contributed by atoms with Crippen LogP contribution in [0.15, 0.2) is 12.1 Å². The fraction of sp³-hybridized carbons (Fsp3) is 0.667. The number of nitrogens with zero attached hydrogens (tertiary/aromatic N) is 2. The van der Waals surface area contributed by atoms with Crippen LogP contribution in [0.25, 0.3) is 0 Å². The molecular weight excluding hydrogens is 356 g/mol. The molecule has 0 radical (unpaired) electrons. The maximum atomic E-state index is 11.4. The molecule has 2 heterocycles. The van der Waals surface area contributed by atoms with Gasteiger partial charge in [-0.1, -0.05) is 18.0 Å². The Morgan fingerprint density at radius 2 is 2.12 bits per heavy atom. The van der Waals surface area contributed by atoms with Crippen LogP contribution in [0.3, 0.4) is 0 Å². The number of anilines is 1. The van der Waals surface area contributed by atoms with Gasteiger partial charge in [-0.3, -0.25) is 15.0 Å². The minimum absolute atomic E-state index is 0.00820.